The lowest BCUT2D eigenvalue weighted by Crippen LogP contribution is -1.93. The van der Waals surface area contributed by atoms with E-state index in [1.165, 1.54) is 24.4 Å². The van der Waals surface area contributed by atoms with Crippen molar-refractivity contribution in [1.82, 2.24) is 19.1 Å². The standard InChI is InChI=1S/C8H8N4S/c1-4-9-12(5-1)8-10-7(11-13-8)6-2-3-6/h1,4-6H,2-3H2. The van der Waals surface area contributed by atoms with Crippen LogP contribution in [0.25, 0.3) is 5.13 Å². The maximum Gasteiger partial charge on any atom is 0.230 e. The topological polar surface area (TPSA) is 43.6 Å². The summed E-state index contributed by atoms with van der Waals surface area (Å²) in [5.41, 5.74) is 0. The Kier molecular flexibility index (Phi) is 1.46. The summed E-state index contributed by atoms with van der Waals surface area (Å²) in [6, 6.07) is 1.89. The normalized spacial score (nSPS) is 16.3. The van der Waals surface area contributed by atoms with Crippen molar-refractivity contribution in [3.8, 4) is 5.13 Å². The van der Waals surface area contributed by atoms with Crippen LogP contribution in [0.5, 0.6) is 0 Å². The summed E-state index contributed by atoms with van der Waals surface area (Å²) in [4.78, 5) is 4.42. The lowest BCUT2D eigenvalue weighted by molar-refractivity contribution is 0.852. The predicted octanol–water partition coefficient (Wildman–Crippen LogP) is 1.60. The van der Waals surface area contributed by atoms with Gasteiger partial charge in [0.1, 0.15) is 5.82 Å². The zero-order chi connectivity index (χ0) is 8.67. The molecule has 0 saturated heterocycles. The third-order valence-corrected chi connectivity index (χ3v) is 2.79. The van der Waals surface area contributed by atoms with E-state index in [9.17, 15) is 0 Å². The Morgan fingerprint density at radius 2 is 2.38 bits per heavy atom. The van der Waals surface area contributed by atoms with Gasteiger partial charge in [-0.3, -0.25) is 0 Å². The summed E-state index contributed by atoms with van der Waals surface area (Å²) in [6.07, 6.45) is 6.12. The van der Waals surface area contributed by atoms with Gasteiger partial charge in [0.15, 0.2) is 0 Å². The van der Waals surface area contributed by atoms with E-state index in [0.717, 1.165) is 11.0 Å². The summed E-state index contributed by atoms with van der Waals surface area (Å²) in [5, 5.41) is 4.97. The number of hydrogen-bond donors (Lipinski definition) is 0. The van der Waals surface area contributed by atoms with Crippen LogP contribution in [0.4, 0.5) is 0 Å². The second-order valence-electron chi connectivity index (χ2n) is 3.16. The highest BCUT2D eigenvalue weighted by molar-refractivity contribution is 7.08. The van der Waals surface area contributed by atoms with Crippen LogP contribution >= 0.6 is 11.5 Å². The molecule has 4 nitrogen and oxygen atoms in total. The van der Waals surface area contributed by atoms with Gasteiger partial charge in [-0.05, 0) is 18.9 Å². The van der Waals surface area contributed by atoms with E-state index < -0.39 is 0 Å². The summed E-state index contributed by atoms with van der Waals surface area (Å²) in [7, 11) is 0. The molecule has 1 saturated carbocycles. The molecule has 0 radical (unpaired) electrons. The van der Waals surface area contributed by atoms with Crippen LogP contribution in [0.1, 0.15) is 24.6 Å². The highest BCUT2D eigenvalue weighted by atomic mass is 32.1. The van der Waals surface area contributed by atoms with Crippen molar-refractivity contribution in [2.24, 2.45) is 0 Å². The van der Waals surface area contributed by atoms with Gasteiger partial charge in [-0.2, -0.15) is 9.47 Å². The molecule has 0 atom stereocenters. The molecule has 0 bridgehead atoms. The third-order valence-electron chi connectivity index (χ3n) is 2.07. The Morgan fingerprint density at radius 1 is 1.46 bits per heavy atom. The van der Waals surface area contributed by atoms with Gasteiger partial charge in [-0.15, -0.1) is 0 Å². The summed E-state index contributed by atoms with van der Waals surface area (Å²) < 4.78 is 6.06. The minimum atomic E-state index is 0.626. The highest BCUT2D eigenvalue weighted by Crippen LogP contribution is 2.38. The van der Waals surface area contributed by atoms with Gasteiger partial charge in [0, 0.05) is 29.8 Å². The first-order valence-corrected chi connectivity index (χ1v) is 5.04. The first-order chi connectivity index (χ1) is 6.43. The SMILES string of the molecule is c1cnn(-c2nc(C3CC3)ns2)c1. The van der Waals surface area contributed by atoms with Gasteiger partial charge in [0.2, 0.25) is 5.13 Å². The van der Waals surface area contributed by atoms with Crippen molar-refractivity contribution in [3.05, 3.63) is 24.3 Å². The van der Waals surface area contributed by atoms with Crippen molar-refractivity contribution < 1.29 is 0 Å². The molecule has 3 rings (SSSR count). The van der Waals surface area contributed by atoms with E-state index in [1.54, 1.807) is 10.9 Å². The van der Waals surface area contributed by atoms with Crippen molar-refractivity contribution in [1.29, 1.82) is 0 Å². The molecular formula is C8H8N4S. The molecular weight excluding hydrogens is 184 g/mol. The minimum absolute atomic E-state index is 0.626. The monoisotopic (exact) mass is 192 g/mol. The van der Waals surface area contributed by atoms with Crippen LogP contribution in [0, 0.1) is 0 Å². The van der Waals surface area contributed by atoms with Gasteiger partial charge >= 0.3 is 0 Å². The Labute approximate surface area is 79.4 Å². The van der Waals surface area contributed by atoms with E-state index >= 15 is 0 Å². The molecule has 0 unspecified atom stereocenters. The third kappa shape index (κ3) is 1.25. The van der Waals surface area contributed by atoms with Crippen LogP contribution in [-0.4, -0.2) is 19.1 Å². The van der Waals surface area contributed by atoms with E-state index in [1.807, 2.05) is 12.3 Å². The lowest BCUT2D eigenvalue weighted by Gasteiger charge is -1.90. The molecule has 5 heteroatoms. The fourth-order valence-electron chi connectivity index (χ4n) is 1.21. The molecule has 0 spiro atoms. The first-order valence-electron chi connectivity index (χ1n) is 4.27. The number of nitrogens with zero attached hydrogens (tertiary/aromatic N) is 4. The Morgan fingerprint density at radius 3 is 3.08 bits per heavy atom. The second-order valence-corrected chi connectivity index (χ2v) is 3.89. The van der Waals surface area contributed by atoms with Crippen LogP contribution in [0.3, 0.4) is 0 Å². The summed E-state index contributed by atoms with van der Waals surface area (Å²) in [5.74, 6) is 1.62. The van der Waals surface area contributed by atoms with Crippen LogP contribution in [0.2, 0.25) is 0 Å². The Hall–Kier alpha value is -1.23. The van der Waals surface area contributed by atoms with Crippen LogP contribution in [-0.2, 0) is 0 Å². The molecule has 2 aromatic rings. The molecule has 0 N–H and O–H groups in total. The average molecular weight is 192 g/mol. The fourth-order valence-corrected chi connectivity index (χ4v) is 1.90. The Balaban J connectivity index is 1.97. The van der Waals surface area contributed by atoms with Crippen molar-refractivity contribution in [2.75, 3.05) is 0 Å². The van der Waals surface area contributed by atoms with Crippen molar-refractivity contribution in [3.63, 3.8) is 0 Å². The van der Waals surface area contributed by atoms with Crippen molar-refractivity contribution in [2.45, 2.75) is 18.8 Å². The van der Waals surface area contributed by atoms with Gasteiger partial charge in [0.05, 0.1) is 0 Å². The van der Waals surface area contributed by atoms with E-state index in [-0.39, 0.29) is 0 Å². The van der Waals surface area contributed by atoms with Crippen molar-refractivity contribution >= 4 is 11.5 Å². The zero-order valence-electron chi connectivity index (χ0n) is 6.92. The second kappa shape index (κ2) is 2.63. The smallest absolute Gasteiger partial charge is 0.212 e. The lowest BCUT2D eigenvalue weighted by atomic mass is 10.4. The van der Waals surface area contributed by atoms with E-state index in [2.05, 4.69) is 14.5 Å². The molecule has 2 aromatic heterocycles. The molecule has 2 heterocycles. The number of hydrogen-bond acceptors (Lipinski definition) is 4. The fraction of sp³-hybridized carbons (Fsp3) is 0.375. The van der Waals surface area contributed by atoms with Gasteiger partial charge in [-0.25, -0.2) is 9.67 Å². The predicted molar refractivity (Wildman–Crippen MR) is 49.0 cm³/mol. The average Bonchev–Trinajstić information content (AvgIpc) is 2.72. The zero-order valence-corrected chi connectivity index (χ0v) is 7.74. The van der Waals surface area contributed by atoms with Gasteiger partial charge < -0.3 is 0 Å². The molecule has 13 heavy (non-hydrogen) atoms. The molecule has 0 aliphatic heterocycles. The molecule has 66 valence electrons. The summed E-state index contributed by atoms with van der Waals surface area (Å²) >= 11 is 1.41. The number of aromatic nitrogens is 4. The maximum absolute atomic E-state index is 4.42. The molecule has 1 aliphatic rings. The van der Waals surface area contributed by atoms with Crippen LogP contribution < -0.4 is 0 Å². The van der Waals surface area contributed by atoms with Crippen LogP contribution in [0.15, 0.2) is 18.5 Å². The molecule has 1 aliphatic carbocycles. The highest BCUT2D eigenvalue weighted by Gasteiger charge is 2.27. The molecule has 0 amide bonds. The maximum atomic E-state index is 4.42. The minimum Gasteiger partial charge on any atom is -0.212 e. The van der Waals surface area contributed by atoms with E-state index in [0.29, 0.717) is 5.92 Å². The summed E-state index contributed by atoms with van der Waals surface area (Å²) in [6.45, 7) is 0. The molecule has 1 fully saturated rings. The largest absolute Gasteiger partial charge is 0.230 e. The van der Waals surface area contributed by atoms with E-state index in [4.69, 9.17) is 0 Å². The quantitative estimate of drug-likeness (QED) is 0.726. The molecule has 0 aromatic carbocycles. The van der Waals surface area contributed by atoms with Gasteiger partial charge in [-0.1, -0.05) is 0 Å². The van der Waals surface area contributed by atoms with Gasteiger partial charge in [0.25, 0.3) is 0 Å². The number of rotatable bonds is 2. The Bertz CT molecular complexity index is 401. The first kappa shape index (κ1) is 7.20.